The second-order valence-electron chi connectivity index (χ2n) is 3.80. The van der Waals surface area contributed by atoms with Gasteiger partial charge in [0.25, 0.3) is 0 Å². The third-order valence-electron chi connectivity index (χ3n) is 2.51. The van der Waals surface area contributed by atoms with Crippen molar-refractivity contribution >= 4 is 5.91 Å². The monoisotopic (exact) mass is 200 g/mol. The van der Waals surface area contributed by atoms with Crippen molar-refractivity contribution in [3.8, 4) is 0 Å². The standard InChI is InChI=1S/C10H20N2O2/c1-2-11-10(14)5-7-12-6-3-4-9(13)8-12/h9,13H,2-8H2,1H3,(H,11,14)/t9-/m0/s1. The van der Waals surface area contributed by atoms with Crippen molar-refractivity contribution in [2.75, 3.05) is 26.2 Å². The van der Waals surface area contributed by atoms with Gasteiger partial charge in [-0.05, 0) is 26.3 Å². The summed E-state index contributed by atoms with van der Waals surface area (Å²) in [5.41, 5.74) is 0. The van der Waals surface area contributed by atoms with Gasteiger partial charge in [0.05, 0.1) is 6.10 Å². The number of carbonyl (C=O) groups is 1. The van der Waals surface area contributed by atoms with E-state index in [0.29, 0.717) is 13.0 Å². The molecular formula is C10H20N2O2. The van der Waals surface area contributed by atoms with Gasteiger partial charge in [-0.15, -0.1) is 0 Å². The van der Waals surface area contributed by atoms with E-state index >= 15 is 0 Å². The minimum atomic E-state index is -0.196. The number of carbonyl (C=O) groups excluding carboxylic acids is 1. The molecule has 1 amide bonds. The highest BCUT2D eigenvalue weighted by Gasteiger charge is 2.17. The highest BCUT2D eigenvalue weighted by atomic mass is 16.3. The Morgan fingerprint density at radius 1 is 1.64 bits per heavy atom. The van der Waals surface area contributed by atoms with Crippen LogP contribution in [0, 0.1) is 0 Å². The molecule has 4 nitrogen and oxygen atoms in total. The summed E-state index contributed by atoms with van der Waals surface area (Å²) in [5.74, 6) is 0.104. The smallest absolute Gasteiger partial charge is 0.221 e. The number of likely N-dealkylation sites (tertiary alicyclic amines) is 1. The second-order valence-corrected chi connectivity index (χ2v) is 3.80. The fraction of sp³-hybridized carbons (Fsp3) is 0.900. The average molecular weight is 200 g/mol. The van der Waals surface area contributed by atoms with Crippen LogP contribution in [0.15, 0.2) is 0 Å². The Bertz CT molecular complexity index is 185. The number of hydrogen-bond acceptors (Lipinski definition) is 3. The van der Waals surface area contributed by atoms with Crippen molar-refractivity contribution in [2.45, 2.75) is 32.3 Å². The summed E-state index contributed by atoms with van der Waals surface area (Å²) in [4.78, 5) is 13.3. The lowest BCUT2D eigenvalue weighted by atomic mass is 10.1. The summed E-state index contributed by atoms with van der Waals surface area (Å²) >= 11 is 0. The van der Waals surface area contributed by atoms with Gasteiger partial charge < -0.3 is 15.3 Å². The summed E-state index contributed by atoms with van der Waals surface area (Å²) in [6.07, 6.45) is 2.28. The molecular weight excluding hydrogens is 180 g/mol. The molecule has 0 aromatic carbocycles. The van der Waals surface area contributed by atoms with Gasteiger partial charge in [0.2, 0.25) is 5.91 Å². The van der Waals surface area contributed by atoms with Crippen LogP contribution in [-0.2, 0) is 4.79 Å². The number of β-amino-alcohol motifs (C(OH)–C–C–N with tert-alkyl or cyclic N) is 1. The fourth-order valence-electron chi connectivity index (χ4n) is 1.78. The molecule has 4 heteroatoms. The van der Waals surface area contributed by atoms with E-state index in [2.05, 4.69) is 10.2 Å². The molecule has 0 saturated carbocycles. The fourth-order valence-corrected chi connectivity index (χ4v) is 1.78. The molecule has 1 aliphatic rings. The van der Waals surface area contributed by atoms with Crippen LogP contribution >= 0.6 is 0 Å². The number of piperidine rings is 1. The zero-order valence-electron chi connectivity index (χ0n) is 8.83. The van der Waals surface area contributed by atoms with E-state index in [9.17, 15) is 9.90 Å². The molecule has 0 radical (unpaired) electrons. The predicted octanol–water partition coefficient (Wildman–Crippen LogP) is -0.0307. The van der Waals surface area contributed by atoms with E-state index in [-0.39, 0.29) is 12.0 Å². The second kappa shape index (κ2) is 5.98. The molecule has 2 N–H and O–H groups in total. The maximum atomic E-state index is 11.2. The zero-order valence-corrected chi connectivity index (χ0v) is 8.83. The van der Waals surface area contributed by atoms with E-state index in [1.165, 1.54) is 0 Å². The Morgan fingerprint density at radius 3 is 3.07 bits per heavy atom. The van der Waals surface area contributed by atoms with E-state index in [1.54, 1.807) is 0 Å². The van der Waals surface area contributed by atoms with Crippen molar-refractivity contribution < 1.29 is 9.90 Å². The number of hydrogen-bond donors (Lipinski definition) is 2. The highest BCUT2D eigenvalue weighted by Crippen LogP contribution is 2.09. The van der Waals surface area contributed by atoms with Gasteiger partial charge in [-0.25, -0.2) is 0 Å². The van der Waals surface area contributed by atoms with Crippen LogP contribution in [0.4, 0.5) is 0 Å². The largest absolute Gasteiger partial charge is 0.392 e. The molecule has 0 aromatic rings. The molecule has 0 unspecified atom stereocenters. The van der Waals surface area contributed by atoms with Crippen LogP contribution in [0.5, 0.6) is 0 Å². The lowest BCUT2D eigenvalue weighted by Gasteiger charge is -2.29. The van der Waals surface area contributed by atoms with E-state index < -0.39 is 0 Å². The van der Waals surface area contributed by atoms with Crippen molar-refractivity contribution in [3.05, 3.63) is 0 Å². The first kappa shape index (κ1) is 11.5. The number of amides is 1. The Hall–Kier alpha value is -0.610. The van der Waals surface area contributed by atoms with E-state index in [4.69, 9.17) is 0 Å². The number of aliphatic hydroxyl groups is 1. The van der Waals surface area contributed by atoms with E-state index in [1.807, 2.05) is 6.92 Å². The van der Waals surface area contributed by atoms with Crippen LogP contribution in [-0.4, -0.2) is 48.2 Å². The third-order valence-corrected chi connectivity index (χ3v) is 2.51. The van der Waals surface area contributed by atoms with Crippen LogP contribution in [0.25, 0.3) is 0 Å². The van der Waals surface area contributed by atoms with Crippen LogP contribution < -0.4 is 5.32 Å². The van der Waals surface area contributed by atoms with Gasteiger partial charge in [0.15, 0.2) is 0 Å². The first-order valence-corrected chi connectivity index (χ1v) is 5.39. The SMILES string of the molecule is CCNC(=O)CCN1CCC[C@H](O)C1. The summed E-state index contributed by atoms with van der Waals surface area (Å²) < 4.78 is 0. The number of aliphatic hydroxyl groups excluding tert-OH is 1. The first-order chi connectivity index (χ1) is 6.72. The lowest BCUT2D eigenvalue weighted by molar-refractivity contribution is -0.121. The predicted molar refractivity (Wildman–Crippen MR) is 55.0 cm³/mol. The minimum absolute atomic E-state index is 0.104. The van der Waals surface area contributed by atoms with Gasteiger partial charge in [0.1, 0.15) is 0 Å². The number of nitrogens with zero attached hydrogens (tertiary/aromatic N) is 1. The maximum Gasteiger partial charge on any atom is 0.221 e. The Kier molecular flexibility index (Phi) is 4.90. The van der Waals surface area contributed by atoms with Gasteiger partial charge in [-0.1, -0.05) is 0 Å². The zero-order chi connectivity index (χ0) is 10.4. The van der Waals surface area contributed by atoms with E-state index in [0.717, 1.165) is 32.5 Å². The normalized spacial score (nSPS) is 23.4. The minimum Gasteiger partial charge on any atom is -0.392 e. The van der Waals surface area contributed by atoms with Gasteiger partial charge in [-0.3, -0.25) is 4.79 Å². The molecule has 0 bridgehead atoms. The molecule has 1 fully saturated rings. The summed E-state index contributed by atoms with van der Waals surface area (Å²) in [7, 11) is 0. The van der Waals surface area contributed by atoms with Crippen molar-refractivity contribution in [1.29, 1.82) is 0 Å². The molecule has 1 heterocycles. The molecule has 1 atom stereocenters. The molecule has 0 aromatic heterocycles. The van der Waals surface area contributed by atoms with Crippen molar-refractivity contribution in [1.82, 2.24) is 10.2 Å². The molecule has 14 heavy (non-hydrogen) atoms. The number of nitrogens with one attached hydrogen (secondary N) is 1. The molecule has 82 valence electrons. The highest BCUT2D eigenvalue weighted by molar-refractivity contribution is 5.75. The van der Waals surface area contributed by atoms with Crippen LogP contribution in [0.3, 0.4) is 0 Å². The van der Waals surface area contributed by atoms with Crippen LogP contribution in [0.2, 0.25) is 0 Å². The summed E-state index contributed by atoms with van der Waals surface area (Å²) in [6.45, 7) is 5.11. The molecule has 1 saturated heterocycles. The average Bonchev–Trinajstić information content (AvgIpc) is 2.15. The molecule has 1 aliphatic heterocycles. The lowest BCUT2D eigenvalue weighted by Crippen LogP contribution is -2.40. The van der Waals surface area contributed by atoms with Crippen molar-refractivity contribution in [2.24, 2.45) is 0 Å². The third kappa shape index (κ3) is 4.07. The quantitative estimate of drug-likeness (QED) is 0.670. The van der Waals surface area contributed by atoms with Gasteiger partial charge in [-0.2, -0.15) is 0 Å². The number of rotatable bonds is 4. The summed E-state index contributed by atoms with van der Waals surface area (Å²) in [6, 6.07) is 0. The van der Waals surface area contributed by atoms with Crippen LogP contribution in [0.1, 0.15) is 26.2 Å². The Morgan fingerprint density at radius 2 is 2.43 bits per heavy atom. The molecule has 0 spiro atoms. The van der Waals surface area contributed by atoms with Gasteiger partial charge in [0, 0.05) is 26.1 Å². The summed E-state index contributed by atoms with van der Waals surface area (Å²) in [5, 5.41) is 12.2. The molecule has 0 aliphatic carbocycles. The van der Waals surface area contributed by atoms with Gasteiger partial charge >= 0.3 is 0 Å². The first-order valence-electron chi connectivity index (χ1n) is 5.39. The topological polar surface area (TPSA) is 52.6 Å². The Balaban J connectivity index is 2.14. The maximum absolute atomic E-state index is 11.2. The van der Waals surface area contributed by atoms with Crippen molar-refractivity contribution in [3.63, 3.8) is 0 Å². The molecule has 1 rings (SSSR count). The Labute approximate surface area is 85.3 Å².